The molecule has 0 fully saturated rings. The van der Waals surface area contributed by atoms with Gasteiger partial charge in [-0.2, -0.15) is 0 Å². The fraction of sp³-hybridized carbons (Fsp3) is 0.478. The monoisotopic (exact) mass is 384 g/mol. The Labute approximate surface area is 165 Å². The van der Waals surface area contributed by atoms with Crippen LogP contribution in [-0.4, -0.2) is 11.6 Å². The quantitative estimate of drug-likeness (QED) is 0.620. The molecule has 1 aromatic carbocycles. The van der Waals surface area contributed by atoms with Crippen LogP contribution in [0.2, 0.25) is 5.02 Å². The SMILES string of the molecule is CC1(C)CC(=O)C2=C(C1)OC1=C(C(=O)CC(C)(C)C1)C2c1cccc(Cl)c1. The van der Waals surface area contributed by atoms with E-state index in [2.05, 4.69) is 27.7 Å². The van der Waals surface area contributed by atoms with Crippen molar-refractivity contribution < 1.29 is 14.3 Å². The third-order valence-electron chi connectivity index (χ3n) is 5.76. The van der Waals surface area contributed by atoms with Crippen LogP contribution < -0.4 is 0 Å². The van der Waals surface area contributed by atoms with Crippen molar-refractivity contribution in [1.29, 1.82) is 0 Å². The summed E-state index contributed by atoms with van der Waals surface area (Å²) in [6.07, 6.45) is 2.34. The lowest BCUT2D eigenvalue weighted by atomic mass is 9.65. The van der Waals surface area contributed by atoms with Crippen LogP contribution in [0.3, 0.4) is 0 Å². The summed E-state index contributed by atoms with van der Waals surface area (Å²) in [4.78, 5) is 26.2. The first-order valence-corrected chi connectivity index (χ1v) is 9.90. The van der Waals surface area contributed by atoms with Crippen LogP contribution in [0.5, 0.6) is 0 Å². The van der Waals surface area contributed by atoms with Crippen molar-refractivity contribution in [2.75, 3.05) is 0 Å². The minimum atomic E-state index is -0.366. The van der Waals surface area contributed by atoms with E-state index in [1.165, 1.54) is 0 Å². The molecule has 0 aromatic heterocycles. The molecule has 1 aromatic rings. The smallest absolute Gasteiger partial charge is 0.163 e. The number of Topliss-reactive ketones (excluding diaryl/α,β-unsaturated/α-hetero) is 2. The maximum Gasteiger partial charge on any atom is 0.163 e. The summed E-state index contributed by atoms with van der Waals surface area (Å²) in [5, 5.41) is 0.607. The molecule has 0 unspecified atom stereocenters. The molecule has 0 atom stereocenters. The molecule has 1 aliphatic heterocycles. The fourth-order valence-corrected chi connectivity index (χ4v) is 4.89. The Morgan fingerprint density at radius 1 is 0.889 bits per heavy atom. The first-order valence-electron chi connectivity index (χ1n) is 9.52. The molecular formula is C23H25ClO3. The average molecular weight is 385 g/mol. The highest BCUT2D eigenvalue weighted by Gasteiger charge is 2.47. The lowest BCUT2D eigenvalue weighted by Crippen LogP contribution is -2.37. The molecule has 0 saturated carbocycles. The summed E-state index contributed by atoms with van der Waals surface area (Å²) in [5.41, 5.74) is 1.93. The molecule has 142 valence electrons. The molecular weight excluding hydrogens is 360 g/mol. The second-order valence-electron chi connectivity index (χ2n) is 9.65. The van der Waals surface area contributed by atoms with Crippen molar-refractivity contribution in [2.24, 2.45) is 10.8 Å². The van der Waals surface area contributed by atoms with Crippen LogP contribution in [0.25, 0.3) is 0 Å². The lowest BCUT2D eigenvalue weighted by Gasteiger charge is -2.42. The molecule has 0 bridgehead atoms. The number of benzene rings is 1. The van der Waals surface area contributed by atoms with Crippen LogP contribution in [0.15, 0.2) is 46.9 Å². The van der Waals surface area contributed by atoms with E-state index < -0.39 is 0 Å². The molecule has 3 nitrogen and oxygen atoms in total. The van der Waals surface area contributed by atoms with Crippen LogP contribution in [0.1, 0.15) is 64.9 Å². The lowest BCUT2D eigenvalue weighted by molar-refractivity contribution is -0.120. The Kier molecular flexibility index (Phi) is 4.15. The number of allylic oxidation sites excluding steroid dienone is 4. The van der Waals surface area contributed by atoms with Gasteiger partial charge in [0, 0.05) is 47.8 Å². The highest BCUT2D eigenvalue weighted by Crippen LogP contribution is 2.53. The van der Waals surface area contributed by atoms with E-state index in [0.717, 1.165) is 17.1 Å². The van der Waals surface area contributed by atoms with Gasteiger partial charge in [-0.3, -0.25) is 9.59 Å². The highest BCUT2D eigenvalue weighted by atomic mass is 35.5. The minimum absolute atomic E-state index is 0.0791. The van der Waals surface area contributed by atoms with Gasteiger partial charge in [-0.25, -0.2) is 0 Å². The number of halogens is 1. The van der Waals surface area contributed by atoms with Crippen molar-refractivity contribution in [3.63, 3.8) is 0 Å². The summed E-state index contributed by atoms with van der Waals surface area (Å²) in [6.45, 7) is 8.36. The van der Waals surface area contributed by atoms with E-state index in [1.807, 2.05) is 24.3 Å². The van der Waals surface area contributed by atoms with Crippen molar-refractivity contribution >= 4 is 23.2 Å². The molecule has 0 N–H and O–H groups in total. The van der Waals surface area contributed by atoms with E-state index in [9.17, 15) is 9.59 Å². The van der Waals surface area contributed by atoms with Gasteiger partial charge in [0.05, 0.1) is 0 Å². The molecule has 0 spiro atoms. The van der Waals surface area contributed by atoms with Crippen LogP contribution in [0.4, 0.5) is 0 Å². The van der Waals surface area contributed by atoms with Gasteiger partial charge in [0.2, 0.25) is 0 Å². The van der Waals surface area contributed by atoms with Crippen molar-refractivity contribution in [2.45, 2.75) is 59.3 Å². The van der Waals surface area contributed by atoms with Gasteiger partial charge in [-0.15, -0.1) is 0 Å². The Bertz CT molecular complexity index is 865. The third-order valence-corrected chi connectivity index (χ3v) is 6.00. The normalized spacial score (nSPS) is 24.5. The van der Waals surface area contributed by atoms with Gasteiger partial charge in [-0.05, 0) is 28.5 Å². The van der Waals surface area contributed by atoms with E-state index >= 15 is 0 Å². The Morgan fingerprint density at radius 2 is 1.41 bits per heavy atom. The zero-order chi connectivity index (χ0) is 19.6. The number of ether oxygens (including phenoxy) is 1. The van der Waals surface area contributed by atoms with E-state index in [-0.39, 0.29) is 28.3 Å². The topological polar surface area (TPSA) is 43.4 Å². The Balaban J connectivity index is 1.92. The van der Waals surface area contributed by atoms with Crippen LogP contribution in [-0.2, 0) is 14.3 Å². The van der Waals surface area contributed by atoms with Crippen LogP contribution >= 0.6 is 11.6 Å². The van der Waals surface area contributed by atoms with Gasteiger partial charge < -0.3 is 4.74 Å². The molecule has 0 radical (unpaired) electrons. The van der Waals surface area contributed by atoms with Crippen molar-refractivity contribution in [3.05, 3.63) is 57.5 Å². The largest absolute Gasteiger partial charge is 0.465 e. The number of hydrogen-bond donors (Lipinski definition) is 0. The average Bonchev–Trinajstić information content (AvgIpc) is 2.50. The summed E-state index contributed by atoms with van der Waals surface area (Å²) >= 11 is 6.24. The summed E-state index contributed by atoms with van der Waals surface area (Å²) in [5.74, 6) is 1.27. The van der Waals surface area contributed by atoms with Gasteiger partial charge in [0.25, 0.3) is 0 Å². The standard InChI is InChI=1S/C23H25ClO3/c1-22(2)9-15(25)20-17(11-22)27-18-12-23(3,4)10-16(26)21(18)19(20)13-6-5-7-14(24)8-13/h5-8,19H,9-12H2,1-4H3. The summed E-state index contributed by atoms with van der Waals surface area (Å²) in [6, 6.07) is 7.51. The predicted molar refractivity (Wildman–Crippen MR) is 105 cm³/mol. The number of carbonyl (C=O) groups excluding carboxylic acids is 2. The van der Waals surface area contributed by atoms with E-state index in [0.29, 0.717) is 41.9 Å². The molecule has 0 amide bonds. The van der Waals surface area contributed by atoms with Crippen LogP contribution in [0, 0.1) is 10.8 Å². The number of carbonyl (C=O) groups is 2. The van der Waals surface area contributed by atoms with E-state index in [1.54, 1.807) is 0 Å². The molecule has 2 aliphatic carbocycles. The minimum Gasteiger partial charge on any atom is -0.465 e. The summed E-state index contributed by atoms with van der Waals surface area (Å²) in [7, 11) is 0. The fourth-order valence-electron chi connectivity index (χ4n) is 4.69. The first-order chi connectivity index (χ1) is 12.6. The maximum absolute atomic E-state index is 13.1. The Hall–Kier alpha value is -1.87. The zero-order valence-corrected chi connectivity index (χ0v) is 17.1. The third kappa shape index (κ3) is 3.27. The predicted octanol–water partition coefficient (Wildman–Crippen LogP) is 5.74. The van der Waals surface area contributed by atoms with Gasteiger partial charge >= 0.3 is 0 Å². The number of rotatable bonds is 1. The first kappa shape index (κ1) is 18.5. The molecule has 3 aliphatic rings. The second kappa shape index (κ2) is 6.07. The van der Waals surface area contributed by atoms with Crippen molar-refractivity contribution in [3.8, 4) is 0 Å². The highest BCUT2D eigenvalue weighted by molar-refractivity contribution is 6.30. The van der Waals surface area contributed by atoms with Gasteiger partial charge in [0.1, 0.15) is 11.5 Å². The molecule has 4 rings (SSSR count). The molecule has 27 heavy (non-hydrogen) atoms. The van der Waals surface area contributed by atoms with Gasteiger partial charge in [-0.1, -0.05) is 51.4 Å². The molecule has 1 heterocycles. The molecule has 0 saturated heterocycles. The Morgan fingerprint density at radius 3 is 1.89 bits per heavy atom. The molecule has 4 heteroatoms. The summed E-state index contributed by atoms with van der Waals surface area (Å²) < 4.78 is 6.27. The number of hydrogen-bond acceptors (Lipinski definition) is 3. The maximum atomic E-state index is 13.1. The second-order valence-corrected chi connectivity index (χ2v) is 10.1. The van der Waals surface area contributed by atoms with E-state index in [4.69, 9.17) is 16.3 Å². The van der Waals surface area contributed by atoms with Crippen molar-refractivity contribution in [1.82, 2.24) is 0 Å². The zero-order valence-electron chi connectivity index (χ0n) is 16.3. The van der Waals surface area contributed by atoms with Gasteiger partial charge in [0.15, 0.2) is 11.6 Å². The number of ketones is 2.